The van der Waals surface area contributed by atoms with Gasteiger partial charge in [-0.25, -0.2) is 13.4 Å². The maximum atomic E-state index is 12.2. The Bertz CT molecular complexity index is 588. The molecule has 0 radical (unpaired) electrons. The molecule has 0 aliphatic heterocycles. The van der Waals surface area contributed by atoms with Crippen LogP contribution in [0.25, 0.3) is 10.2 Å². The van der Waals surface area contributed by atoms with Gasteiger partial charge < -0.3 is 0 Å². The van der Waals surface area contributed by atoms with Crippen LogP contribution in [0.5, 0.6) is 0 Å². The molecular formula is C11H12ClNO2S2. The number of aromatic nitrogens is 1. The predicted octanol–water partition coefficient (Wildman–Crippen LogP) is 3.09. The Morgan fingerprint density at radius 3 is 2.76 bits per heavy atom. The average molecular weight is 290 g/mol. The van der Waals surface area contributed by atoms with E-state index in [1.165, 1.54) is 11.3 Å². The zero-order chi connectivity index (χ0) is 12.5. The Kier molecular flexibility index (Phi) is 3.70. The number of thiazole rings is 1. The number of alkyl halides is 1. The second kappa shape index (κ2) is 4.92. The van der Waals surface area contributed by atoms with Crippen molar-refractivity contribution in [1.29, 1.82) is 0 Å². The van der Waals surface area contributed by atoms with Gasteiger partial charge in [-0.3, -0.25) is 0 Å². The molecule has 0 saturated carbocycles. The lowest BCUT2D eigenvalue weighted by molar-refractivity contribution is 0.581. The molecule has 0 bridgehead atoms. The lowest BCUT2D eigenvalue weighted by Gasteiger charge is -2.07. The van der Waals surface area contributed by atoms with Crippen molar-refractivity contribution in [3.8, 4) is 0 Å². The van der Waals surface area contributed by atoms with Crippen molar-refractivity contribution in [2.75, 3.05) is 5.88 Å². The van der Waals surface area contributed by atoms with Crippen LogP contribution in [-0.4, -0.2) is 24.5 Å². The molecule has 1 unspecified atom stereocenters. The third kappa shape index (κ3) is 2.46. The summed E-state index contributed by atoms with van der Waals surface area (Å²) >= 11 is 6.80. The van der Waals surface area contributed by atoms with E-state index >= 15 is 0 Å². The SMILES string of the molecule is CC(CCCl)S(=O)(=O)c1nc2ccccc2s1. The van der Waals surface area contributed by atoms with Gasteiger partial charge in [-0.15, -0.1) is 22.9 Å². The molecule has 0 spiro atoms. The highest BCUT2D eigenvalue weighted by Gasteiger charge is 2.26. The average Bonchev–Trinajstić information content (AvgIpc) is 2.73. The van der Waals surface area contributed by atoms with E-state index in [9.17, 15) is 8.42 Å². The van der Waals surface area contributed by atoms with Gasteiger partial charge in [-0.2, -0.15) is 0 Å². The number of fused-ring (bicyclic) bond motifs is 1. The Hall–Kier alpha value is -0.650. The Morgan fingerprint density at radius 1 is 1.41 bits per heavy atom. The van der Waals surface area contributed by atoms with Crippen LogP contribution >= 0.6 is 22.9 Å². The zero-order valence-corrected chi connectivity index (χ0v) is 11.6. The van der Waals surface area contributed by atoms with Gasteiger partial charge >= 0.3 is 0 Å². The number of benzene rings is 1. The van der Waals surface area contributed by atoms with E-state index in [1.54, 1.807) is 6.92 Å². The van der Waals surface area contributed by atoms with Crippen LogP contribution in [0.15, 0.2) is 28.6 Å². The van der Waals surface area contributed by atoms with Crippen molar-refractivity contribution in [1.82, 2.24) is 4.98 Å². The van der Waals surface area contributed by atoms with Crippen LogP contribution in [0, 0.1) is 0 Å². The van der Waals surface area contributed by atoms with E-state index in [0.717, 1.165) is 10.2 Å². The quantitative estimate of drug-likeness (QED) is 0.813. The minimum atomic E-state index is -3.34. The molecule has 6 heteroatoms. The fourth-order valence-corrected chi connectivity index (χ4v) is 4.83. The summed E-state index contributed by atoms with van der Waals surface area (Å²) in [6.45, 7) is 1.67. The molecule has 0 fully saturated rings. The Balaban J connectivity index is 2.45. The highest BCUT2D eigenvalue weighted by atomic mass is 35.5. The third-order valence-electron chi connectivity index (χ3n) is 2.56. The summed E-state index contributed by atoms with van der Waals surface area (Å²) in [5.41, 5.74) is 0.731. The fraction of sp³-hybridized carbons (Fsp3) is 0.364. The predicted molar refractivity (Wildman–Crippen MR) is 71.6 cm³/mol. The summed E-state index contributed by atoms with van der Waals surface area (Å²) in [6.07, 6.45) is 0.444. The van der Waals surface area contributed by atoms with Crippen LogP contribution in [0.3, 0.4) is 0 Å². The molecule has 0 saturated heterocycles. The van der Waals surface area contributed by atoms with Crippen molar-refractivity contribution in [2.24, 2.45) is 0 Å². The van der Waals surface area contributed by atoms with Gasteiger partial charge in [0, 0.05) is 5.88 Å². The number of para-hydroxylation sites is 1. The van der Waals surface area contributed by atoms with Crippen LogP contribution in [0.2, 0.25) is 0 Å². The van der Waals surface area contributed by atoms with Gasteiger partial charge in [0.25, 0.3) is 0 Å². The highest BCUT2D eigenvalue weighted by molar-refractivity contribution is 7.94. The molecule has 1 aromatic carbocycles. The van der Waals surface area contributed by atoms with Gasteiger partial charge in [0.05, 0.1) is 15.5 Å². The second-order valence-corrected chi connectivity index (χ2v) is 7.73. The first-order valence-electron chi connectivity index (χ1n) is 5.21. The van der Waals surface area contributed by atoms with Crippen LogP contribution < -0.4 is 0 Å². The fourth-order valence-electron chi connectivity index (χ4n) is 1.45. The Morgan fingerprint density at radius 2 is 2.12 bits per heavy atom. The summed E-state index contributed by atoms with van der Waals surface area (Å²) in [4.78, 5) is 4.18. The topological polar surface area (TPSA) is 47.0 Å². The summed E-state index contributed by atoms with van der Waals surface area (Å²) in [7, 11) is -3.34. The number of rotatable bonds is 4. The smallest absolute Gasteiger partial charge is 0.210 e. The van der Waals surface area contributed by atoms with E-state index in [-0.39, 0.29) is 4.34 Å². The van der Waals surface area contributed by atoms with Crippen LogP contribution in [-0.2, 0) is 9.84 Å². The van der Waals surface area contributed by atoms with Crippen molar-refractivity contribution >= 4 is 43.0 Å². The summed E-state index contributed by atoms with van der Waals surface area (Å²) < 4.78 is 25.4. The summed E-state index contributed by atoms with van der Waals surface area (Å²) in [5, 5.41) is -0.486. The van der Waals surface area contributed by atoms with Gasteiger partial charge in [0.15, 0.2) is 0 Å². The maximum Gasteiger partial charge on any atom is 0.210 e. The van der Waals surface area contributed by atoms with E-state index in [4.69, 9.17) is 11.6 Å². The first kappa shape index (κ1) is 12.8. The first-order chi connectivity index (χ1) is 8.05. The number of hydrogen-bond acceptors (Lipinski definition) is 4. The molecule has 2 aromatic rings. The minimum Gasteiger partial charge on any atom is -0.225 e. The van der Waals surface area contributed by atoms with Crippen LogP contribution in [0.1, 0.15) is 13.3 Å². The molecule has 0 amide bonds. The van der Waals surface area contributed by atoms with Gasteiger partial charge in [0.1, 0.15) is 0 Å². The molecule has 3 nitrogen and oxygen atoms in total. The van der Waals surface area contributed by atoms with Crippen molar-refractivity contribution in [3.63, 3.8) is 0 Å². The number of sulfone groups is 1. The molecule has 1 aromatic heterocycles. The standard InChI is InChI=1S/C11H12ClNO2S2/c1-8(6-7-12)17(14,15)11-13-9-4-2-3-5-10(9)16-11/h2-5,8H,6-7H2,1H3. The highest BCUT2D eigenvalue weighted by Crippen LogP contribution is 2.28. The van der Waals surface area contributed by atoms with E-state index in [2.05, 4.69) is 4.98 Å². The van der Waals surface area contributed by atoms with Crippen molar-refractivity contribution in [2.45, 2.75) is 22.9 Å². The lowest BCUT2D eigenvalue weighted by Crippen LogP contribution is -2.18. The van der Waals surface area contributed by atoms with Gasteiger partial charge in [-0.1, -0.05) is 12.1 Å². The van der Waals surface area contributed by atoms with E-state index in [0.29, 0.717) is 12.3 Å². The maximum absolute atomic E-state index is 12.2. The van der Waals surface area contributed by atoms with Crippen molar-refractivity contribution < 1.29 is 8.42 Å². The van der Waals surface area contributed by atoms with Crippen molar-refractivity contribution in [3.05, 3.63) is 24.3 Å². The Labute approximate surface area is 109 Å². The monoisotopic (exact) mass is 289 g/mol. The molecule has 2 rings (SSSR count). The number of halogens is 1. The molecule has 1 heterocycles. The van der Waals surface area contributed by atoms with E-state index in [1.807, 2.05) is 24.3 Å². The molecule has 0 aliphatic rings. The molecule has 0 aliphatic carbocycles. The first-order valence-corrected chi connectivity index (χ1v) is 8.11. The second-order valence-electron chi connectivity index (χ2n) is 3.78. The largest absolute Gasteiger partial charge is 0.225 e. The van der Waals surface area contributed by atoms with Gasteiger partial charge in [0.2, 0.25) is 14.2 Å². The van der Waals surface area contributed by atoms with E-state index < -0.39 is 15.1 Å². The normalized spacial score (nSPS) is 14.0. The lowest BCUT2D eigenvalue weighted by atomic mass is 10.3. The summed E-state index contributed by atoms with van der Waals surface area (Å²) in [5.74, 6) is 0.339. The minimum absolute atomic E-state index is 0.191. The van der Waals surface area contributed by atoms with Crippen LogP contribution in [0.4, 0.5) is 0 Å². The molecule has 1 atom stereocenters. The molecule has 17 heavy (non-hydrogen) atoms. The zero-order valence-electron chi connectivity index (χ0n) is 9.26. The van der Waals surface area contributed by atoms with Gasteiger partial charge in [-0.05, 0) is 25.5 Å². The third-order valence-corrected chi connectivity index (χ3v) is 6.43. The summed E-state index contributed by atoms with van der Waals surface area (Å²) in [6, 6.07) is 7.41. The molecule has 92 valence electrons. The molecular weight excluding hydrogens is 278 g/mol. The number of hydrogen-bond donors (Lipinski definition) is 0. The molecule has 0 N–H and O–H groups in total. The number of nitrogens with zero attached hydrogens (tertiary/aromatic N) is 1.